The Balaban J connectivity index is 3.18. The molecule has 0 spiro atoms. The smallest absolute Gasteiger partial charge is 0.317 e. The van der Waals surface area contributed by atoms with Crippen molar-refractivity contribution in [3.05, 3.63) is 35.9 Å². The summed E-state index contributed by atoms with van der Waals surface area (Å²) < 4.78 is 4.99. The number of hydrogen-bond acceptors (Lipinski definition) is 3. The van der Waals surface area contributed by atoms with E-state index in [1.807, 2.05) is 30.3 Å². The fourth-order valence-electron chi connectivity index (χ4n) is 2.30. The van der Waals surface area contributed by atoms with Gasteiger partial charge in [-0.15, -0.1) is 0 Å². The number of hydrogen-bond donors (Lipinski definition) is 1. The second-order valence-corrected chi connectivity index (χ2v) is 4.86. The third-order valence-corrected chi connectivity index (χ3v) is 3.64. The number of nitrogens with two attached hydrogens (primary N) is 1. The quantitative estimate of drug-likeness (QED) is 0.788. The van der Waals surface area contributed by atoms with Crippen LogP contribution in [0.5, 0.6) is 0 Å². The normalized spacial score (nSPS) is 15.8. The van der Waals surface area contributed by atoms with Gasteiger partial charge in [-0.05, 0) is 17.9 Å². The molecule has 0 radical (unpaired) electrons. The summed E-state index contributed by atoms with van der Waals surface area (Å²) in [6.45, 7) is 4.53. The number of carbonyl (C=O) groups is 1. The minimum absolute atomic E-state index is 0.239. The Kier molecular flexibility index (Phi) is 5.35. The maximum absolute atomic E-state index is 12.2. The molecule has 0 amide bonds. The van der Waals surface area contributed by atoms with Crippen LogP contribution in [0.25, 0.3) is 0 Å². The lowest BCUT2D eigenvalue weighted by molar-refractivity contribution is -0.148. The number of carbonyl (C=O) groups excluding carboxylic acids is 1. The summed E-state index contributed by atoms with van der Waals surface area (Å²) in [4.78, 5) is 12.2. The van der Waals surface area contributed by atoms with Crippen molar-refractivity contribution in [2.45, 2.75) is 32.1 Å². The van der Waals surface area contributed by atoms with Gasteiger partial charge < -0.3 is 10.5 Å². The minimum atomic E-state index is -0.717. The van der Waals surface area contributed by atoms with Crippen molar-refractivity contribution in [3.63, 3.8) is 0 Å². The second-order valence-electron chi connectivity index (χ2n) is 4.86. The van der Waals surface area contributed by atoms with Crippen LogP contribution in [0.1, 0.15) is 32.3 Å². The van der Waals surface area contributed by atoms with E-state index in [2.05, 4.69) is 13.8 Å². The van der Waals surface area contributed by atoms with Crippen molar-refractivity contribution in [1.29, 1.82) is 0 Å². The molecule has 3 heteroatoms. The van der Waals surface area contributed by atoms with E-state index in [-0.39, 0.29) is 12.5 Å². The van der Waals surface area contributed by atoms with Crippen LogP contribution in [0, 0.1) is 5.92 Å². The molecule has 0 aliphatic carbocycles. The third kappa shape index (κ3) is 2.91. The monoisotopic (exact) mass is 249 g/mol. The predicted molar refractivity (Wildman–Crippen MR) is 73.3 cm³/mol. The van der Waals surface area contributed by atoms with Gasteiger partial charge in [-0.3, -0.25) is 4.79 Å². The molecule has 18 heavy (non-hydrogen) atoms. The maximum Gasteiger partial charge on any atom is 0.317 e. The molecule has 0 saturated carbocycles. The summed E-state index contributed by atoms with van der Waals surface area (Å²) >= 11 is 0. The predicted octanol–water partition coefficient (Wildman–Crippen LogP) is 2.49. The van der Waals surface area contributed by atoms with Crippen LogP contribution < -0.4 is 5.73 Å². The number of rotatable bonds is 6. The van der Waals surface area contributed by atoms with E-state index in [0.717, 1.165) is 18.4 Å². The van der Waals surface area contributed by atoms with Gasteiger partial charge in [-0.1, -0.05) is 50.6 Å². The molecule has 1 aromatic carbocycles. The topological polar surface area (TPSA) is 52.3 Å². The van der Waals surface area contributed by atoms with Gasteiger partial charge in [0.05, 0.1) is 7.11 Å². The first-order valence-electron chi connectivity index (χ1n) is 6.44. The Morgan fingerprint density at radius 3 is 2.44 bits per heavy atom. The molecule has 2 N–H and O–H groups in total. The van der Waals surface area contributed by atoms with Gasteiger partial charge in [-0.2, -0.15) is 0 Å². The van der Waals surface area contributed by atoms with Gasteiger partial charge in [0.2, 0.25) is 0 Å². The van der Waals surface area contributed by atoms with Crippen LogP contribution in [0.4, 0.5) is 0 Å². The first-order valence-corrected chi connectivity index (χ1v) is 6.44. The van der Waals surface area contributed by atoms with Crippen LogP contribution in [0.2, 0.25) is 0 Å². The lowest BCUT2D eigenvalue weighted by atomic mass is 9.73. The van der Waals surface area contributed by atoms with Crippen molar-refractivity contribution in [1.82, 2.24) is 0 Å². The fourth-order valence-corrected chi connectivity index (χ4v) is 2.30. The Labute approximate surface area is 109 Å². The van der Waals surface area contributed by atoms with Crippen LogP contribution >= 0.6 is 0 Å². The number of ether oxygens (including phenoxy) is 1. The Bertz CT molecular complexity index is 377. The van der Waals surface area contributed by atoms with Crippen LogP contribution in [-0.2, 0) is 14.9 Å². The van der Waals surface area contributed by atoms with Crippen molar-refractivity contribution in [2.75, 3.05) is 13.7 Å². The highest BCUT2D eigenvalue weighted by molar-refractivity contribution is 5.83. The van der Waals surface area contributed by atoms with Crippen LogP contribution in [-0.4, -0.2) is 19.6 Å². The molecule has 0 aliphatic heterocycles. The number of benzene rings is 1. The minimum Gasteiger partial charge on any atom is -0.468 e. The van der Waals surface area contributed by atoms with Crippen LogP contribution in [0.15, 0.2) is 30.3 Å². The molecule has 0 saturated heterocycles. The highest BCUT2D eigenvalue weighted by Gasteiger charge is 2.40. The lowest BCUT2D eigenvalue weighted by Gasteiger charge is -2.32. The molecule has 100 valence electrons. The highest BCUT2D eigenvalue weighted by Crippen LogP contribution is 2.32. The van der Waals surface area contributed by atoms with E-state index in [4.69, 9.17) is 10.5 Å². The lowest BCUT2D eigenvalue weighted by Crippen LogP contribution is -2.45. The van der Waals surface area contributed by atoms with Gasteiger partial charge >= 0.3 is 5.97 Å². The maximum atomic E-state index is 12.2. The molecule has 0 bridgehead atoms. The Morgan fingerprint density at radius 2 is 2.00 bits per heavy atom. The molecular weight excluding hydrogens is 226 g/mol. The summed E-state index contributed by atoms with van der Waals surface area (Å²) in [7, 11) is 1.42. The number of esters is 1. The molecule has 2 unspecified atom stereocenters. The van der Waals surface area contributed by atoms with Gasteiger partial charge in [-0.25, -0.2) is 0 Å². The second kappa shape index (κ2) is 6.55. The van der Waals surface area contributed by atoms with E-state index in [1.165, 1.54) is 7.11 Å². The molecule has 0 aromatic heterocycles. The van der Waals surface area contributed by atoms with Crippen LogP contribution in [0.3, 0.4) is 0 Å². The average molecular weight is 249 g/mol. The summed E-state index contributed by atoms with van der Waals surface area (Å²) in [6.07, 6.45) is 1.74. The summed E-state index contributed by atoms with van der Waals surface area (Å²) in [5, 5.41) is 0. The molecule has 3 nitrogen and oxygen atoms in total. The molecule has 1 rings (SSSR count). The fraction of sp³-hybridized carbons (Fsp3) is 0.533. The van der Waals surface area contributed by atoms with E-state index in [9.17, 15) is 4.79 Å². The zero-order valence-corrected chi connectivity index (χ0v) is 11.5. The zero-order valence-electron chi connectivity index (χ0n) is 11.5. The first kappa shape index (κ1) is 14.7. The van der Waals surface area contributed by atoms with Crippen molar-refractivity contribution < 1.29 is 9.53 Å². The van der Waals surface area contributed by atoms with E-state index >= 15 is 0 Å². The van der Waals surface area contributed by atoms with Gasteiger partial charge in [0.1, 0.15) is 5.41 Å². The zero-order chi connectivity index (χ0) is 13.6. The molecular formula is C15H23NO2. The summed E-state index contributed by atoms with van der Waals surface area (Å²) in [5.74, 6) is 0.185. The molecule has 2 atom stereocenters. The molecule has 0 aliphatic rings. The van der Waals surface area contributed by atoms with E-state index in [1.54, 1.807) is 0 Å². The average Bonchev–Trinajstić information content (AvgIpc) is 2.44. The van der Waals surface area contributed by atoms with Crippen molar-refractivity contribution in [2.24, 2.45) is 11.7 Å². The number of methoxy groups -OCH3 is 1. The van der Waals surface area contributed by atoms with Gasteiger partial charge in [0, 0.05) is 6.54 Å². The van der Waals surface area contributed by atoms with E-state index < -0.39 is 5.41 Å². The van der Waals surface area contributed by atoms with E-state index in [0.29, 0.717) is 5.92 Å². The molecule has 0 heterocycles. The summed E-state index contributed by atoms with van der Waals surface area (Å²) in [6, 6.07) is 9.70. The Hall–Kier alpha value is -1.35. The first-order chi connectivity index (χ1) is 8.60. The van der Waals surface area contributed by atoms with Crippen molar-refractivity contribution >= 4 is 5.97 Å². The highest BCUT2D eigenvalue weighted by atomic mass is 16.5. The largest absolute Gasteiger partial charge is 0.468 e. The van der Waals surface area contributed by atoms with Gasteiger partial charge in [0.25, 0.3) is 0 Å². The van der Waals surface area contributed by atoms with Crippen molar-refractivity contribution in [3.8, 4) is 0 Å². The van der Waals surface area contributed by atoms with Gasteiger partial charge in [0.15, 0.2) is 0 Å². The Morgan fingerprint density at radius 1 is 1.39 bits per heavy atom. The molecule has 0 fully saturated rings. The molecule has 1 aromatic rings. The SMILES string of the molecule is CCC(C)CC(CN)(C(=O)OC)c1ccccc1. The summed E-state index contributed by atoms with van der Waals surface area (Å²) in [5.41, 5.74) is 6.15. The standard InChI is InChI=1S/C15H23NO2/c1-4-12(2)10-15(11-16,14(17)18-3)13-8-6-5-7-9-13/h5-9,12H,4,10-11,16H2,1-3H3. The third-order valence-electron chi connectivity index (χ3n) is 3.64.